The molecule has 0 bridgehead atoms. The zero-order valence-corrected chi connectivity index (χ0v) is 13.7. The van der Waals surface area contributed by atoms with Gasteiger partial charge in [-0.05, 0) is 28.1 Å². The molecule has 2 aromatic rings. The summed E-state index contributed by atoms with van der Waals surface area (Å²) in [4.78, 5) is 14.6. The Kier molecular flexibility index (Phi) is 4.77. The van der Waals surface area contributed by atoms with Gasteiger partial charge in [0.1, 0.15) is 0 Å². The highest BCUT2D eigenvalue weighted by molar-refractivity contribution is 9.11. The fraction of sp³-hybridized carbons (Fsp3) is 0.300. The van der Waals surface area contributed by atoms with Crippen LogP contribution < -0.4 is 4.90 Å². The molecular formula is C10H10BrN3OS3. The monoisotopic (exact) mass is 363 g/mol. The number of anilines is 1. The fourth-order valence-electron chi connectivity index (χ4n) is 1.10. The number of thioether (sulfide) groups is 1. The molecule has 0 atom stereocenters. The van der Waals surface area contributed by atoms with Crippen molar-refractivity contribution in [1.82, 2.24) is 10.2 Å². The van der Waals surface area contributed by atoms with Crippen LogP contribution in [0, 0.1) is 0 Å². The maximum atomic E-state index is 11.9. The second kappa shape index (κ2) is 6.14. The summed E-state index contributed by atoms with van der Waals surface area (Å²) in [6.45, 7) is 0. The van der Waals surface area contributed by atoms with Crippen molar-refractivity contribution in [3.05, 3.63) is 20.8 Å². The van der Waals surface area contributed by atoms with Crippen LogP contribution in [0.15, 0.2) is 20.3 Å². The molecule has 0 spiro atoms. The Morgan fingerprint density at radius 3 is 2.72 bits per heavy atom. The summed E-state index contributed by atoms with van der Waals surface area (Å²) >= 11 is 7.73. The van der Waals surface area contributed by atoms with E-state index < -0.39 is 0 Å². The highest BCUT2D eigenvalue weighted by Crippen LogP contribution is 2.29. The van der Waals surface area contributed by atoms with E-state index in [0.29, 0.717) is 5.75 Å². The SMILES string of the molecule is CN(C)c1nnc(SCC(=O)c2ccc(Br)s2)s1. The first-order valence-corrected chi connectivity index (χ1v) is 8.39. The summed E-state index contributed by atoms with van der Waals surface area (Å²) in [5, 5.41) is 8.92. The van der Waals surface area contributed by atoms with Crippen LogP contribution in [0.1, 0.15) is 9.67 Å². The molecule has 4 nitrogen and oxygen atoms in total. The van der Waals surface area contributed by atoms with Crippen molar-refractivity contribution in [2.45, 2.75) is 4.34 Å². The van der Waals surface area contributed by atoms with E-state index in [9.17, 15) is 4.79 Å². The minimum Gasteiger partial charge on any atom is -0.353 e. The van der Waals surface area contributed by atoms with Gasteiger partial charge in [-0.25, -0.2) is 0 Å². The summed E-state index contributed by atoms with van der Waals surface area (Å²) in [5.41, 5.74) is 0. The van der Waals surface area contributed by atoms with Crippen LogP contribution >= 0.6 is 50.4 Å². The van der Waals surface area contributed by atoms with Crippen molar-refractivity contribution >= 4 is 61.3 Å². The van der Waals surface area contributed by atoms with Gasteiger partial charge in [0.25, 0.3) is 0 Å². The molecule has 0 fully saturated rings. The molecule has 2 heterocycles. The number of halogens is 1. The summed E-state index contributed by atoms with van der Waals surface area (Å²) in [6, 6.07) is 3.72. The van der Waals surface area contributed by atoms with E-state index in [-0.39, 0.29) is 5.78 Å². The van der Waals surface area contributed by atoms with Crippen LogP contribution in [0.5, 0.6) is 0 Å². The number of nitrogens with zero attached hydrogens (tertiary/aromatic N) is 3. The van der Waals surface area contributed by atoms with Gasteiger partial charge >= 0.3 is 0 Å². The lowest BCUT2D eigenvalue weighted by atomic mass is 10.4. The molecule has 0 saturated heterocycles. The predicted molar refractivity (Wildman–Crippen MR) is 81.3 cm³/mol. The van der Waals surface area contributed by atoms with Gasteiger partial charge in [-0.15, -0.1) is 21.5 Å². The summed E-state index contributed by atoms with van der Waals surface area (Å²) in [7, 11) is 3.84. The van der Waals surface area contributed by atoms with Crippen molar-refractivity contribution in [3.8, 4) is 0 Å². The molecule has 0 aromatic carbocycles. The molecule has 8 heteroatoms. The minimum absolute atomic E-state index is 0.123. The number of hydrogen-bond donors (Lipinski definition) is 0. The third-order valence-corrected chi connectivity index (χ3v) is 5.84. The first-order valence-electron chi connectivity index (χ1n) is 4.98. The summed E-state index contributed by atoms with van der Waals surface area (Å²) in [6.07, 6.45) is 0. The number of aromatic nitrogens is 2. The fourth-order valence-corrected chi connectivity index (χ4v) is 4.17. The Hall–Kier alpha value is -0.440. The van der Waals surface area contributed by atoms with Crippen molar-refractivity contribution < 1.29 is 4.79 Å². The second-order valence-electron chi connectivity index (χ2n) is 3.56. The summed E-state index contributed by atoms with van der Waals surface area (Å²) in [5.74, 6) is 0.520. The Labute approximate surface area is 126 Å². The molecule has 2 aromatic heterocycles. The number of carbonyl (C=O) groups excluding carboxylic acids is 1. The van der Waals surface area contributed by atoms with Crippen molar-refractivity contribution in [2.24, 2.45) is 0 Å². The molecule has 0 radical (unpaired) electrons. The average Bonchev–Trinajstić information content (AvgIpc) is 2.94. The standard InChI is InChI=1S/C10H10BrN3OS3/c1-14(2)9-12-13-10(18-9)16-5-6(15)7-3-4-8(11)17-7/h3-4H,5H2,1-2H3. The lowest BCUT2D eigenvalue weighted by Gasteiger charge is -2.03. The highest BCUT2D eigenvalue weighted by Gasteiger charge is 2.12. The van der Waals surface area contributed by atoms with E-state index in [1.54, 1.807) is 0 Å². The molecule has 18 heavy (non-hydrogen) atoms. The zero-order chi connectivity index (χ0) is 13.1. The Morgan fingerprint density at radius 2 is 2.17 bits per heavy atom. The van der Waals surface area contributed by atoms with Gasteiger partial charge in [-0.2, -0.15) is 0 Å². The van der Waals surface area contributed by atoms with Crippen LogP contribution in [0.25, 0.3) is 0 Å². The molecule has 0 unspecified atom stereocenters. The number of Topliss-reactive ketones (excluding diaryl/α,β-unsaturated/α-hetero) is 1. The van der Waals surface area contributed by atoms with Gasteiger partial charge in [0.15, 0.2) is 10.1 Å². The molecule has 0 aliphatic rings. The lowest BCUT2D eigenvalue weighted by Crippen LogP contribution is -2.07. The smallest absolute Gasteiger partial charge is 0.208 e. The van der Waals surface area contributed by atoms with E-state index in [4.69, 9.17) is 0 Å². The maximum absolute atomic E-state index is 11.9. The number of thiophene rings is 1. The molecule has 2 rings (SSSR count). The molecule has 0 aliphatic heterocycles. The van der Waals surface area contributed by atoms with E-state index in [1.807, 2.05) is 31.1 Å². The largest absolute Gasteiger partial charge is 0.353 e. The van der Waals surface area contributed by atoms with Crippen molar-refractivity contribution in [2.75, 3.05) is 24.7 Å². The van der Waals surface area contributed by atoms with Gasteiger partial charge in [0.2, 0.25) is 5.13 Å². The quantitative estimate of drug-likeness (QED) is 0.601. The number of ketones is 1. The maximum Gasteiger partial charge on any atom is 0.208 e. The molecule has 0 saturated carbocycles. The molecule has 0 aliphatic carbocycles. The zero-order valence-electron chi connectivity index (χ0n) is 9.71. The molecule has 0 N–H and O–H groups in total. The van der Waals surface area contributed by atoms with Crippen LogP contribution in [-0.2, 0) is 0 Å². The first-order chi connectivity index (χ1) is 8.56. The molecule has 96 valence electrons. The van der Waals surface area contributed by atoms with Gasteiger partial charge < -0.3 is 4.90 Å². The third kappa shape index (κ3) is 3.53. The third-order valence-electron chi connectivity index (χ3n) is 1.95. The van der Waals surface area contributed by atoms with Gasteiger partial charge in [0.05, 0.1) is 14.4 Å². The number of carbonyl (C=O) groups is 1. The Balaban J connectivity index is 1.93. The number of hydrogen-bond acceptors (Lipinski definition) is 7. The minimum atomic E-state index is 0.123. The van der Waals surface area contributed by atoms with Crippen molar-refractivity contribution in [3.63, 3.8) is 0 Å². The van der Waals surface area contributed by atoms with Crippen LogP contribution in [0.4, 0.5) is 5.13 Å². The van der Waals surface area contributed by atoms with E-state index in [1.165, 1.54) is 34.4 Å². The molecule has 0 amide bonds. The van der Waals surface area contributed by atoms with E-state index in [2.05, 4.69) is 26.1 Å². The summed E-state index contributed by atoms with van der Waals surface area (Å²) < 4.78 is 1.80. The van der Waals surface area contributed by atoms with Gasteiger partial charge in [0, 0.05) is 14.1 Å². The molecular weight excluding hydrogens is 354 g/mol. The first kappa shape index (κ1) is 14.0. The van der Waals surface area contributed by atoms with Gasteiger partial charge in [-0.3, -0.25) is 4.79 Å². The topological polar surface area (TPSA) is 46.1 Å². The normalized spacial score (nSPS) is 10.6. The van der Waals surface area contributed by atoms with Gasteiger partial charge in [-0.1, -0.05) is 23.1 Å². The van der Waals surface area contributed by atoms with E-state index >= 15 is 0 Å². The van der Waals surface area contributed by atoms with Crippen molar-refractivity contribution in [1.29, 1.82) is 0 Å². The predicted octanol–water partition coefficient (Wildman–Crippen LogP) is 3.40. The van der Waals surface area contributed by atoms with E-state index in [0.717, 1.165) is 18.1 Å². The Bertz CT molecular complexity index is 552. The highest BCUT2D eigenvalue weighted by atomic mass is 79.9. The average molecular weight is 364 g/mol. The van der Waals surface area contributed by atoms with Crippen LogP contribution in [0.2, 0.25) is 0 Å². The lowest BCUT2D eigenvalue weighted by molar-refractivity contribution is 0.102. The van der Waals surface area contributed by atoms with Crippen LogP contribution in [-0.4, -0.2) is 35.8 Å². The second-order valence-corrected chi connectivity index (χ2v) is 8.20. The Morgan fingerprint density at radius 1 is 1.39 bits per heavy atom. The van der Waals surface area contributed by atoms with Crippen LogP contribution in [0.3, 0.4) is 0 Å². The number of rotatable bonds is 5.